The molecular weight excluding hydrogens is 397 g/mol. The maximum absolute atomic E-state index is 13.2. The highest BCUT2D eigenvalue weighted by Crippen LogP contribution is 2.30. The van der Waals surface area contributed by atoms with Crippen LogP contribution in [0.1, 0.15) is 28.1 Å². The smallest absolute Gasteiger partial charge is 0.379 e. The minimum atomic E-state index is -4.63. The summed E-state index contributed by atoms with van der Waals surface area (Å²) in [6.07, 6.45) is -4.63. The van der Waals surface area contributed by atoms with E-state index in [9.17, 15) is 13.2 Å². The number of aryl methyl sites for hydroxylation is 1. The predicted octanol–water partition coefficient (Wildman–Crippen LogP) is 3.20. The zero-order valence-corrected chi connectivity index (χ0v) is 16.8. The van der Waals surface area contributed by atoms with Crippen molar-refractivity contribution in [2.45, 2.75) is 33.1 Å². The third kappa shape index (κ3) is 4.10. The van der Waals surface area contributed by atoms with Crippen LogP contribution in [0.2, 0.25) is 0 Å². The van der Waals surface area contributed by atoms with E-state index < -0.39 is 12.0 Å². The molecule has 0 aliphatic carbocycles. The highest BCUT2D eigenvalue weighted by Gasteiger charge is 2.38. The SMILES string of the molecule is Cc1c(NCc2ccccc2CN2CCOCC2)nn2c(C(F)(F)F)nnc2c1C. The van der Waals surface area contributed by atoms with E-state index in [2.05, 4.69) is 31.6 Å². The first-order valence-electron chi connectivity index (χ1n) is 9.75. The number of ether oxygens (including phenoxy) is 1. The van der Waals surface area contributed by atoms with Crippen LogP contribution in [0.15, 0.2) is 24.3 Å². The number of rotatable bonds is 5. The molecule has 3 heterocycles. The summed E-state index contributed by atoms with van der Waals surface area (Å²) in [4.78, 5) is 2.33. The van der Waals surface area contributed by atoms with Gasteiger partial charge in [0.15, 0.2) is 11.5 Å². The molecule has 10 heteroatoms. The van der Waals surface area contributed by atoms with Crippen molar-refractivity contribution in [3.05, 3.63) is 52.3 Å². The largest absolute Gasteiger partial charge is 0.453 e. The Kier molecular flexibility index (Phi) is 5.61. The van der Waals surface area contributed by atoms with Crippen LogP contribution in [0.5, 0.6) is 0 Å². The fourth-order valence-corrected chi connectivity index (χ4v) is 3.54. The first-order valence-corrected chi connectivity index (χ1v) is 9.75. The highest BCUT2D eigenvalue weighted by molar-refractivity contribution is 5.58. The van der Waals surface area contributed by atoms with E-state index in [0.29, 0.717) is 17.9 Å². The number of morpholine rings is 1. The number of hydrogen-bond acceptors (Lipinski definition) is 6. The van der Waals surface area contributed by atoms with Crippen molar-refractivity contribution in [1.29, 1.82) is 0 Å². The van der Waals surface area contributed by atoms with Gasteiger partial charge >= 0.3 is 6.18 Å². The van der Waals surface area contributed by atoms with Gasteiger partial charge in [-0.25, -0.2) is 0 Å². The minimum absolute atomic E-state index is 0.109. The first kappa shape index (κ1) is 20.5. The highest BCUT2D eigenvalue weighted by atomic mass is 19.4. The molecule has 7 nitrogen and oxygen atoms in total. The number of hydrogen-bond donors (Lipinski definition) is 1. The number of benzene rings is 1. The molecule has 160 valence electrons. The minimum Gasteiger partial charge on any atom is -0.379 e. The first-order chi connectivity index (χ1) is 14.3. The zero-order chi connectivity index (χ0) is 21.3. The lowest BCUT2D eigenvalue weighted by molar-refractivity contribution is -0.146. The van der Waals surface area contributed by atoms with Crippen molar-refractivity contribution < 1.29 is 17.9 Å². The summed E-state index contributed by atoms with van der Waals surface area (Å²) in [7, 11) is 0. The monoisotopic (exact) mass is 420 g/mol. The van der Waals surface area contributed by atoms with Crippen LogP contribution in [0.3, 0.4) is 0 Å². The van der Waals surface area contributed by atoms with E-state index >= 15 is 0 Å². The van der Waals surface area contributed by atoms with E-state index in [-0.39, 0.29) is 5.65 Å². The Balaban J connectivity index is 1.59. The van der Waals surface area contributed by atoms with Crippen molar-refractivity contribution in [3.63, 3.8) is 0 Å². The summed E-state index contributed by atoms with van der Waals surface area (Å²) < 4.78 is 45.9. The van der Waals surface area contributed by atoms with Gasteiger partial charge in [0.2, 0.25) is 0 Å². The summed E-state index contributed by atoms with van der Waals surface area (Å²) >= 11 is 0. The lowest BCUT2D eigenvalue weighted by atomic mass is 10.1. The molecule has 1 N–H and O–H groups in total. The Morgan fingerprint density at radius 3 is 2.43 bits per heavy atom. The van der Waals surface area contributed by atoms with Crippen molar-refractivity contribution >= 4 is 11.5 Å². The lowest BCUT2D eigenvalue weighted by Crippen LogP contribution is -2.35. The molecule has 0 amide bonds. The second kappa shape index (κ2) is 8.19. The quantitative estimate of drug-likeness (QED) is 0.684. The summed E-state index contributed by atoms with van der Waals surface area (Å²) in [6, 6.07) is 8.04. The van der Waals surface area contributed by atoms with Gasteiger partial charge in [-0.1, -0.05) is 24.3 Å². The van der Waals surface area contributed by atoms with E-state index in [0.717, 1.165) is 48.5 Å². The summed E-state index contributed by atoms with van der Waals surface area (Å²) in [5.41, 5.74) is 3.70. The molecule has 30 heavy (non-hydrogen) atoms. The van der Waals surface area contributed by atoms with Gasteiger partial charge in [-0.15, -0.1) is 15.3 Å². The predicted molar refractivity (Wildman–Crippen MR) is 105 cm³/mol. The zero-order valence-electron chi connectivity index (χ0n) is 16.8. The molecule has 0 spiro atoms. The molecule has 1 aliphatic heterocycles. The molecular formula is C20H23F3N6O. The lowest BCUT2D eigenvalue weighted by Gasteiger charge is -2.27. The van der Waals surface area contributed by atoms with Crippen LogP contribution in [-0.4, -0.2) is 51.0 Å². The Hall–Kier alpha value is -2.72. The number of anilines is 1. The van der Waals surface area contributed by atoms with Crippen LogP contribution in [0.25, 0.3) is 5.65 Å². The van der Waals surface area contributed by atoms with Crippen molar-refractivity contribution in [1.82, 2.24) is 24.7 Å². The second-order valence-electron chi connectivity index (χ2n) is 7.37. The van der Waals surface area contributed by atoms with Gasteiger partial charge in [-0.2, -0.15) is 17.7 Å². The van der Waals surface area contributed by atoms with Crippen molar-refractivity contribution in [3.8, 4) is 0 Å². The van der Waals surface area contributed by atoms with E-state index in [1.165, 1.54) is 5.56 Å². The number of fused-ring (bicyclic) bond motifs is 1. The molecule has 0 unspecified atom stereocenters. The van der Waals surface area contributed by atoms with Crippen LogP contribution in [0.4, 0.5) is 19.0 Å². The third-order valence-corrected chi connectivity index (χ3v) is 5.41. The number of aromatic nitrogens is 4. The van der Waals surface area contributed by atoms with Gasteiger partial charge in [0.05, 0.1) is 13.2 Å². The number of nitrogens with one attached hydrogen (secondary N) is 1. The Labute approximate surface area is 171 Å². The molecule has 3 aromatic rings. The van der Waals surface area contributed by atoms with E-state index in [1.807, 2.05) is 25.1 Å². The molecule has 4 rings (SSSR count). The average molecular weight is 420 g/mol. The Morgan fingerprint density at radius 2 is 1.73 bits per heavy atom. The van der Waals surface area contributed by atoms with E-state index in [1.54, 1.807) is 6.92 Å². The van der Waals surface area contributed by atoms with E-state index in [4.69, 9.17) is 4.74 Å². The molecule has 1 fully saturated rings. The normalized spacial score (nSPS) is 15.6. The fraction of sp³-hybridized carbons (Fsp3) is 0.450. The third-order valence-electron chi connectivity index (χ3n) is 5.41. The molecule has 0 atom stereocenters. The van der Waals surface area contributed by atoms with Gasteiger partial charge in [-0.05, 0) is 30.5 Å². The maximum Gasteiger partial charge on any atom is 0.453 e. The van der Waals surface area contributed by atoms with Gasteiger partial charge in [0.1, 0.15) is 0 Å². The number of nitrogens with zero attached hydrogens (tertiary/aromatic N) is 5. The average Bonchev–Trinajstić information content (AvgIpc) is 3.16. The van der Waals surface area contributed by atoms with Crippen LogP contribution in [0, 0.1) is 13.8 Å². The molecule has 1 aliphatic rings. The van der Waals surface area contributed by atoms with Gasteiger partial charge < -0.3 is 10.1 Å². The van der Waals surface area contributed by atoms with Gasteiger partial charge in [-0.3, -0.25) is 4.90 Å². The van der Waals surface area contributed by atoms with Crippen LogP contribution < -0.4 is 5.32 Å². The van der Waals surface area contributed by atoms with Crippen molar-refractivity contribution in [2.75, 3.05) is 31.6 Å². The molecule has 0 radical (unpaired) electrons. The summed E-state index contributed by atoms with van der Waals surface area (Å²) in [5.74, 6) is -0.747. The topological polar surface area (TPSA) is 67.6 Å². The second-order valence-corrected chi connectivity index (χ2v) is 7.37. The summed E-state index contributed by atoms with van der Waals surface area (Å²) in [5, 5.41) is 14.3. The molecule has 1 aromatic carbocycles. The van der Waals surface area contributed by atoms with Crippen molar-refractivity contribution in [2.24, 2.45) is 0 Å². The Morgan fingerprint density at radius 1 is 1.03 bits per heavy atom. The number of alkyl halides is 3. The van der Waals surface area contributed by atoms with Gasteiger partial charge in [0.25, 0.3) is 5.82 Å². The van der Waals surface area contributed by atoms with Gasteiger partial charge in [0, 0.05) is 31.7 Å². The molecule has 1 saturated heterocycles. The number of halogens is 3. The fourth-order valence-electron chi connectivity index (χ4n) is 3.54. The maximum atomic E-state index is 13.2. The van der Waals surface area contributed by atoms with Crippen LogP contribution >= 0.6 is 0 Å². The van der Waals surface area contributed by atoms with Crippen LogP contribution in [-0.2, 0) is 24.0 Å². The molecule has 0 bridgehead atoms. The molecule has 0 saturated carbocycles. The summed E-state index contributed by atoms with van der Waals surface area (Å²) in [6.45, 7) is 7.99. The Bertz CT molecular complexity index is 1040. The standard InChI is InChI=1S/C20H23F3N6O/c1-13-14(2)18-25-26-19(20(21,22)23)29(18)27-17(13)24-11-15-5-3-4-6-16(15)12-28-7-9-30-10-8-28/h3-6H,7-12H2,1-2H3,(H,24,27). The molecule has 2 aromatic heterocycles.